The van der Waals surface area contributed by atoms with Crippen LogP contribution in [-0.4, -0.2) is 45.3 Å². The molecule has 44 heavy (non-hydrogen) atoms. The molecule has 0 saturated heterocycles. The predicted molar refractivity (Wildman–Crippen MR) is 149 cm³/mol. The molecule has 6 aromatic rings. The maximum absolute atomic E-state index is 14.9. The van der Waals surface area contributed by atoms with Crippen molar-refractivity contribution in [2.45, 2.75) is 24.7 Å². The third kappa shape index (κ3) is 6.11. The highest BCUT2D eigenvalue weighted by atomic mass is 19.1. The van der Waals surface area contributed by atoms with Gasteiger partial charge in [0, 0.05) is 36.4 Å². The molecule has 6 rings (SSSR count). The molecule has 0 saturated carbocycles. The standard InChI is InChI=1S/C31H22F4N8O/c32-23-5-1-19(27(34)11-23)9-25(21-3-7-29(38-13-21)42-17-36-15-40-42)31(44)26(10-20-2-6-24(33)12-28(20)35)22-4-8-30(39-14-22)43-18-37-16-41-43/h1-8,11-18,25-26H,9-10H2. The highest BCUT2D eigenvalue weighted by Gasteiger charge is 2.32. The Bertz CT molecular complexity index is 1740. The van der Waals surface area contributed by atoms with Crippen molar-refractivity contribution in [3.8, 4) is 11.6 Å². The SMILES string of the molecule is O=C(C(Cc1ccc(F)cc1F)c1ccc(-n2cncn2)nc1)C(Cc1ccc(F)cc1F)c1ccc(-n2cncn2)nc1. The first-order valence-electron chi connectivity index (χ1n) is 13.4. The first kappa shape index (κ1) is 28.5. The van der Waals surface area contributed by atoms with Gasteiger partial charge in [-0.1, -0.05) is 24.3 Å². The topological polar surface area (TPSA) is 104 Å². The van der Waals surface area contributed by atoms with Crippen molar-refractivity contribution >= 4 is 5.78 Å². The quantitative estimate of drug-likeness (QED) is 0.202. The van der Waals surface area contributed by atoms with E-state index in [2.05, 4.69) is 30.1 Å². The Morgan fingerprint density at radius 3 is 1.43 bits per heavy atom. The molecule has 0 spiro atoms. The fourth-order valence-electron chi connectivity index (χ4n) is 4.95. The van der Waals surface area contributed by atoms with E-state index in [1.807, 2.05) is 0 Å². The zero-order valence-electron chi connectivity index (χ0n) is 22.8. The molecule has 2 unspecified atom stereocenters. The lowest BCUT2D eigenvalue weighted by atomic mass is 9.78. The zero-order chi connectivity index (χ0) is 30.6. The van der Waals surface area contributed by atoms with Gasteiger partial charge in [0.25, 0.3) is 0 Å². The zero-order valence-corrected chi connectivity index (χ0v) is 22.8. The fourth-order valence-corrected chi connectivity index (χ4v) is 4.95. The first-order valence-corrected chi connectivity index (χ1v) is 13.4. The van der Waals surface area contributed by atoms with E-state index in [1.165, 1.54) is 59.2 Å². The summed E-state index contributed by atoms with van der Waals surface area (Å²) in [7, 11) is 0. The molecule has 2 aromatic carbocycles. The maximum Gasteiger partial charge on any atom is 0.155 e. The molecule has 0 N–H and O–H groups in total. The van der Waals surface area contributed by atoms with Gasteiger partial charge in [-0.05, 0) is 59.4 Å². The number of carbonyl (C=O) groups excluding carboxylic acids is 1. The molecule has 220 valence electrons. The molecule has 2 atom stereocenters. The number of rotatable bonds is 10. The number of hydrogen-bond donors (Lipinski definition) is 0. The summed E-state index contributed by atoms with van der Waals surface area (Å²) >= 11 is 0. The largest absolute Gasteiger partial charge is 0.298 e. The average molecular weight is 599 g/mol. The van der Waals surface area contributed by atoms with Gasteiger partial charge in [-0.3, -0.25) is 4.79 Å². The van der Waals surface area contributed by atoms with E-state index in [0.29, 0.717) is 22.8 Å². The summed E-state index contributed by atoms with van der Waals surface area (Å²) in [4.78, 5) is 31.2. The van der Waals surface area contributed by atoms with Gasteiger partial charge in [0.05, 0.1) is 0 Å². The highest BCUT2D eigenvalue weighted by Crippen LogP contribution is 2.33. The number of pyridine rings is 2. The van der Waals surface area contributed by atoms with Crippen LogP contribution < -0.4 is 0 Å². The Morgan fingerprint density at radius 1 is 0.636 bits per heavy atom. The molecule has 0 radical (unpaired) electrons. The van der Waals surface area contributed by atoms with Gasteiger partial charge in [0.2, 0.25) is 0 Å². The van der Waals surface area contributed by atoms with Crippen molar-refractivity contribution in [1.82, 2.24) is 39.5 Å². The van der Waals surface area contributed by atoms with E-state index in [-0.39, 0.29) is 24.0 Å². The van der Waals surface area contributed by atoms with E-state index < -0.39 is 40.9 Å². The number of nitrogens with zero attached hydrogens (tertiary/aromatic N) is 8. The van der Waals surface area contributed by atoms with Crippen LogP contribution in [0.2, 0.25) is 0 Å². The number of halogens is 4. The highest BCUT2D eigenvalue weighted by molar-refractivity contribution is 5.92. The first-order chi connectivity index (χ1) is 21.4. The summed E-state index contributed by atoms with van der Waals surface area (Å²) in [5, 5.41) is 8.10. The van der Waals surface area contributed by atoms with Crippen molar-refractivity contribution in [2.75, 3.05) is 0 Å². The smallest absolute Gasteiger partial charge is 0.155 e. The lowest BCUT2D eigenvalue weighted by molar-refractivity contribution is -0.122. The summed E-state index contributed by atoms with van der Waals surface area (Å²) in [5.74, 6) is -4.64. The summed E-state index contributed by atoms with van der Waals surface area (Å²) < 4.78 is 60.1. The number of carbonyl (C=O) groups is 1. The van der Waals surface area contributed by atoms with Gasteiger partial charge < -0.3 is 0 Å². The van der Waals surface area contributed by atoms with E-state index in [1.54, 1.807) is 24.3 Å². The number of ketones is 1. The molecule has 0 aliphatic heterocycles. The third-order valence-electron chi connectivity index (χ3n) is 7.22. The molecule has 0 amide bonds. The molecule has 4 aromatic heterocycles. The predicted octanol–water partition coefficient (Wildman–Crippen LogP) is 5.12. The second-order valence-corrected chi connectivity index (χ2v) is 9.97. The normalized spacial score (nSPS) is 12.6. The Morgan fingerprint density at radius 2 is 1.09 bits per heavy atom. The minimum Gasteiger partial charge on any atom is -0.298 e. The van der Waals surface area contributed by atoms with Crippen LogP contribution in [0.3, 0.4) is 0 Å². The van der Waals surface area contributed by atoms with Gasteiger partial charge in [0.15, 0.2) is 11.6 Å². The van der Waals surface area contributed by atoms with Crippen LogP contribution in [0.15, 0.2) is 98.4 Å². The van der Waals surface area contributed by atoms with Gasteiger partial charge >= 0.3 is 0 Å². The van der Waals surface area contributed by atoms with Crippen LogP contribution in [0.1, 0.15) is 34.1 Å². The Kier molecular flexibility index (Phi) is 8.00. The maximum atomic E-state index is 14.9. The number of hydrogen-bond acceptors (Lipinski definition) is 7. The van der Waals surface area contributed by atoms with Crippen LogP contribution in [0.4, 0.5) is 17.6 Å². The molecular weight excluding hydrogens is 576 g/mol. The van der Waals surface area contributed by atoms with Crippen LogP contribution in [-0.2, 0) is 17.6 Å². The van der Waals surface area contributed by atoms with E-state index in [0.717, 1.165) is 24.3 Å². The Balaban J connectivity index is 1.42. The summed E-state index contributed by atoms with van der Waals surface area (Å²) in [6, 6.07) is 12.9. The van der Waals surface area contributed by atoms with Gasteiger partial charge in [-0.15, -0.1) is 0 Å². The van der Waals surface area contributed by atoms with Crippen molar-refractivity contribution < 1.29 is 22.4 Å². The molecule has 4 heterocycles. The third-order valence-corrected chi connectivity index (χ3v) is 7.22. The van der Waals surface area contributed by atoms with Crippen LogP contribution >= 0.6 is 0 Å². The Hall–Kier alpha value is -5.59. The Labute approximate surface area is 247 Å². The van der Waals surface area contributed by atoms with E-state index >= 15 is 0 Å². The number of benzene rings is 2. The van der Waals surface area contributed by atoms with E-state index in [9.17, 15) is 22.4 Å². The molecular formula is C31H22F4N8O. The minimum absolute atomic E-state index is 0.108. The molecule has 13 heteroatoms. The van der Waals surface area contributed by atoms with Gasteiger partial charge in [-0.2, -0.15) is 10.2 Å². The fraction of sp³-hybridized carbons (Fsp3) is 0.129. The van der Waals surface area contributed by atoms with Gasteiger partial charge in [-0.25, -0.2) is 46.9 Å². The van der Waals surface area contributed by atoms with Crippen LogP contribution in [0, 0.1) is 23.3 Å². The van der Waals surface area contributed by atoms with Crippen LogP contribution in [0.25, 0.3) is 11.6 Å². The molecule has 0 aliphatic rings. The number of Topliss-reactive ketones (excluding diaryl/α,β-unsaturated/α-hetero) is 1. The second-order valence-electron chi connectivity index (χ2n) is 9.97. The minimum atomic E-state index is -0.990. The van der Waals surface area contributed by atoms with E-state index in [4.69, 9.17) is 0 Å². The second kappa shape index (κ2) is 12.3. The summed E-state index contributed by atoms with van der Waals surface area (Å²) in [5.41, 5.74) is 1.10. The lowest BCUT2D eigenvalue weighted by Crippen LogP contribution is -2.25. The average Bonchev–Trinajstić information content (AvgIpc) is 3.76. The molecule has 0 aliphatic carbocycles. The summed E-state index contributed by atoms with van der Waals surface area (Å²) in [6.07, 6.45) is 8.29. The molecule has 9 nitrogen and oxygen atoms in total. The van der Waals surface area contributed by atoms with Crippen molar-refractivity contribution in [1.29, 1.82) is 0 Å². The van der Waals surface area contributed by atoms with Crippen molar-refractivity contribution in [3.63, 3.8) is 0 Å². The van der Waals surface area contributed by atoms with Crippen LogP contribution in [0.5, 0.6) is 0 Å². The van der Waals surface area contributed by atoms with Crippen molar-refractivity contribution in [3.05, 3.63) is 144 Å². The molecule has 0 fully saturated rings. The molecule has 0 bridgehead atoms. The lowest BCUT2D eigenvalue weighted by Gasteiger charge is -2.24. The summed E-state index contributed by atoms with van der Waals surface area (Å²) in [6.45, 7) is 0. The monoisotopic (exact) mass is 598 g/mol. The van der Waals surface area contributed by atoms with Crippen molar-refractivity contribution in [2.24, 2.45) is 0 Å². The van der Waals surface area contributed by atoms with Gasteiger partial charge in [0.1, 0.15) is 54.4 Å². The number of aromatic nitrogens is 8.